The van der Waals surface area contributed by atoms with Crippen LogP contribution in [0.1, 0.15) is 60.8 Å². The average molecular weight is 227 g/mol. The summed E-state index contributed by atoms with van der Waals surface area (Å²) >= 11 is 0. The highest BCUT2D eigenvalue weighted by atomic mass is 16.5. The average Bonchev–Trinajstić information content (AvgIpc) is 2.44. The highest BCUT2D eigenvalue weighted by Crippen LogP contribution is 2.32. The lowest BCUT2D eigenvalue weighted by molar-refractivity contribution is -0.0253. The molecule has 1 heterocycles. The normalized spacial score (nSPS) is 28.3. The molecule has 0 saturated carbocycles. The van der Waals surface area contributed by atoms with Crippen molar-refractivity contribution >= 4 is 0 Å². The molecule has 96 valence electrons. The van der Waals surface area contributed by atoms with Gasteiger partial charge in [0.2, 0.25) is 0 Å². The van der Waals surface area contributed by atoms with E-state index in [0.717, 1.165) is 0 Å². The van der Waals surface area contributed by atoms with Crippen LogP contribution >= 0.6 is 0 Å². The monoisotopic (exact) mass is 227 g/mol. The summed E-state index contributed by atoms with van der Waals surface area (Å²) in [6, 6.07) is 1.14. The van der Waals surface area contributed by atoms with E-state index in [0.29, 0.717) is 24.1 Å². The predicted molar refractivity (Wildman–Crippen MR) is 69.7 cm³/mol. The maximum Gasteiger partial charge on any atom is 0.0631 e. The van der Waals surface area contributed by atoms with Crippen molar-refractivity contribution in [2.24, 2.45) is 5.92 Å². The molecule has 1 rings (SSSR count). The number of hydrogen-bond acceptors (Lipinski definition) is 2. The maximum atomic E-state index is 6.05. The molecule has 0 amide bonds. The van der Waals surface area contributed by atoms with Crippen LogP contribution in [0.5, 0.6) is 0 Å². The first-order valence-electron chi connectivity index (χ1n) is 6.74. The Hall–Kier alpha value is -0.0800. The van der Waals surface area contributed by atoms with Crippen molar-refractivity contribution in [1.82, 2.24) is 5.32 Å². The number of nitrogens with one attached hydrogen (secondary N) is 1. The Morgan fingerprint density at radius 1 is 1.25 bits per heavy atom. The van der Waals surface area contributed by atoms with Crippen molar-refractivity contribution in [2.75, 3.05) is 0 Å². The van der Waals surface area contributed by atoms with E-state index in [2.05, 4.69) is 46.9 Å². The molecular weight excluding hydrogens is 198 g/mol. The fourth-order valence-electron chi connectivity index (χ4n) is 2.55. The van der Waals surface area contributed by atoms with E-state index in [1.165, 1.54) is 19.3 Å². The number of hydrogen-bond donors (Lipinski definition) is 1. The van der Waals surface area contributed by atoms with E-state index in [9.17, 15) is 0 Å². The summed E-state index contributed by atoms with van der Waals surface area (Å²) in [5, 5.41) is 3.58. The van der Waals surface area contributed by atoms with E-state index < -0.39 is 0 Å². The van der Waals surface area contributed by atoms with Crippen LogP contribution in [0, 0.1) is 5.92 Å². The molecule has 3 atom stereocenters. The second-order valence-corrected chi connectivity index (χ2v) is 6.36. The second-order valence-electron chi connectivity index (χ2n) is 6.36. The lowest BCUT2D eigenvalue weighted by atomic mass is 9.94. The first kappa shape index (κ1) is 14.0. The molecule has 16 heavy (non-hydrogen) atoms. The molecule has 1 aliphatic rings. The summed E-state index contributed by atoms with van der Waals surface area (Å²) in [7, 11) is 0. The first-order valence-corrected chi connectivity index (χ1v) is 6.74. The van der Waals surface area contributed by atoms with Crippen LogP contribution in [0.2, 0.25) is 0 Å². The number of rotatable bonds is 5. The van der Waals surface area contributed by atoms with Crippen molar-refractivity contribution in [1.29, 1.82) is 0 Å². The highest BCUT2D eigenvalue weighted by Gasteiger charge is 2.32. The van der Waals surface area contributed by atoms with E-state index in [4.69, 9.17) is 4.74 Å². The Labute approximate surface area is 101 Å². The molecule has 3 unspecified atom stereocenters. The molecule has 2 heteroatoms. The molecule has 2 nitrogen and oxygen atoms in total. The van der Waals surface area contributed by atoms with Crippen LogP contribution in [0.4, 0.5) is 0 Å². The molecule has 0 aromatic heterocycles. The van der Waals surface area contributed by atoms with Gasteiger partial charge in [-0.3, -0.25) is 0 Å². The van der Waals surface area contributed by atoms with E-state index in [-0.39, 0.29) is 5.60 Å². The Kier molecular flexibility index (Phi) is 4.81. The molecule has 0 spiro atoms. The topological polar surface area (TPSA) is 21.3 Å². The Bertz CT molecular complexity index is 213. The minimum Gasteiger partial charge on any atom is -0.372 e. The van der Waals surface area contributed by atoms with Crippen LogP contribution in [-0.2, 0) is 4.74 Å². The molecule has 1 saturated heterocycles. The summed E-state index contributed by atoms with van der Waals surface area (Å²) in [5.74, 6) is 0.682. The lowest BCUT2D eigenvalue weighted by Gasteiger charge is -2.27. The van der Waals surface area contributed by atoms with Gasteiger partial charge in [0, 0.05) is 12.1 Å². The van der Waals surface area contributed by atoms with Gasteiger partial charge in [-0.1, -0.05) is 20.8 Å². The van der Waals surface area contributed by atoms with Gasteiger partial charge < -0.3 is 10.1 Å². The fraction of sp³-hybridized carbons (Fsp3) is 1.00. The van der Waals surface area contributed by atoms with Crippen molar-refractivity contribution in [3.05, 3.63) is 0 Å². The Morgan fingerprint density at radius 2 is 1.88 bits per heavy atom. The first-order chi connectivity index (χ1) is 7.30. The molecule has 1 N–H and O–H groups in total. The van der Waals surface area contributed by atoms with E-state index in [1.54, 1.807) is 0 Å². The molecule has 0 aliphatic carbocycles. The highest BCUT2D eigenvalue weighted by molar-refractivity contribution is 4.83. The van der Waals surface area contributed by atoms with Crippen LogP contribution in [0.3, 0.4) is 0 Å². The molecular formula is C14H29NO. The van der Waals surface area contributed by atoms with Crippen LogP contribution < -0.4 is 5.32 Å². The standard InChI is InChI=1S/C14H29NO/c1-10(2)15-12(4)11(3)9-13-7-8-14(5,6)16-13/h10-13,15H,7-9H2,1-6H3. The largest absolute Gasteiger partial charge is 0.372 e. The smallest absolute Gasteiger partial charge is 0.0631 e. The van der Waals surface area contributed by atoms with Gasteiger partial charge in [-0.15, -0.1) is 0 Å². The minimum absolute atomic E-state index is 0.110. The lowest BCUT2D eigenvalue weighted by Crippen LogP contribution is -2.38. The summed E-state index contributed by atoms with van der Waals surface area (Å²) in [5.41, 5.74) is 0.110. The Morgan fingerprint density at radius 3 is 2.31 bits per heavy atom. The molecule has 0 aromatic carbocycles. The zero-order chi connectivity index (χ0) is 12.3. The second kappa shape index (κ2) is 5.50. The maximum absolute atomic E-state index is 6.05. The van der Waals surface area contributed by atoms with Gasteiger partial charge >= 0.3 is 0 Å². The van der Waals surface area contributed by atoms with Crippen molar-refractivity contribution in [3.63, 3.8) is 0 Å². The van der Waals surface area contributed by atoms with Gasteiger partial charge in [-0.2, -0.15) is 0 Å². The molecule has 0 aromatic rings. The van der Waals surface area contributed by atoms with Crippen molar-refractivity contribution in [2.45, 2.75) is 84.6 Å². The van der Waals surface area contributed by atoms with Gasteiger partial charge in [0.1, 0.15) is 0 Å². The summed E-state index contributed by atoms with van der Waals surface area (Å²) in [6.07, 6.45) is 4.09. The summed E-state index contributed by atoms with van der Waals surface area (Å²) in [6.45, 7) is 13.4. The number of ether oxygens (including phenoxy) is 1. The third-order valence-corrected chi connectivity index (χ3v) is 3.64. The van der Waals surface area contributed by atoms with E-state index in [1.807, 2.05) is 0 Å². The molecule has 0 radical (unpaired) electrons. The van der Waals surface area contributed by atoms with Crippen LogP contribution in [0.15, 0.2) is 0 Å². The SMILES string of the molecule is CC(C)NC(C)C(C)CC1CCC(C)(C)O1. The van der Waals surface area contributed by atoms with Gasteiger partial charge in [0.05, 0.1) is 11.7 Å². The van der Waals surface area contributed by atoms with Gasteiger partial charge in [-0.25, -0.2) is 0 Å². The van der Waals surface area contributed by atoms with Gasteiger partial charge in [0.15, 0.2) is 0 Å². The molecule has 1 aliphatic heterocycles. The zero-order valence-electron chi connectivity index (χ0n) is 11.8. The van der Waals surface area contributed by atoms with Crippen molar-refractivity contribution in [3.8, 4) is 0 Å². The fourth-order valence-corrected chi connectivity index (χ4v) is 2.55. The summed E-state index contributed by atoms with van der Waals surface area (Å²) in [4.78, 5) is 0. The van der Waals surface area contributed by atoms with Gasteiger partial charge in [-0.05, 0) is 46.0 Å². The Balaban J connectivity index is 2.32. The quantitative estimate of drug-likeness (QED) is 0.777. The van der Waals surface area contributed by atoms with Crippen LogP contribution in [0.25, 0.3) is 0 Å². The van der Waals surface area contributed by atoms with E-state index >= 15 is 0 Å². The van der Waals surface area contributed by atoms with Gasteiger partial charge in [0.25, 0.3) is 0 Å². The third-order valence-electron chi connectivity index (χ3n) is 3.64. The zero-order valence-corrected chi connectivity index (χ0v) is 11.8. The molecule has 1 fully saturated rings. The molecule has 0 bridgehead atoms. The predicted octanol–water partition coefficient (Wildman–Crippen LogP) is 3.36. The third kappa shape index (κ3) is 4.42. The minimum atomic E-state index is 0.110. The summed E-state index contributed by atoms with van der Waals surface area (Å²) < 4.78 is 6.05. The van der Waals surface area contributed by atoms with Crippen molar-refractivity contribution < 1.29 is 4.74 Å². The van der Waals surface area contributed by atoms with Crippen LogP contribution in [-0.4, -0.2) is 23.8 Å².